The molecular formula is C22H20N2O3. The minimum absolute atomic E-state index is 0.0751. The molecule has 0 unspecified atom stereocenters. The number of nitrogens with one attached hydrogen (secondary N) is 1. The molecule has 0 aliphatic carbocycles. The van der Waals surface area contributed by atoms with Crippen LogP contribution >= 0.6 is 0 Å². The third-order valence-corrected chi connectivity index (χ3v) is 3.84. The summed E-state index contributed by atoms with van der Waals surface area (Å²) in [5.41, 5.74) is 8.56. The topological polar surface area (TPSA) is 92.4 Å². The lowest BCUT2D eigenvalue weighted by molar-refractivity contribution is -0.123. The maximum Gasteiger partial charge on any atom is 0.251 e. The first-order valence-corrected chi connectivity index (χ1v) is 8.37. The van der Waals surface area contributed by atoms with Gasteiger partial charge in [-0.15, -0.1) is 0 Å². The number of ketones is 1. The van der Waals surface area contributed by atoms with Crippen molar-refractivity contribution in [3.63, 3.8) is 0 Å². The number of rotatable bonds is 5. The fourth-order valence-corrected chi connectivity index (χ4v) is 2.24. The van der Waals surface area contributed by atoms with Crippen molar-refractivity contribution in [1.82, 2.24) is 5.32 Å². The summed E-state index contributed by atoms with van der Waals surface area (Å²) in [5, 5.41) is 11.4. The first-order valence-electron chi connectivity index (χ1n) is 8.37. The maximum atomic E-state index is 12.1. The van der Waals surface area contributed by atoms with Gasteiger partial charge in [-0.1, -0.05) is 30.0 Å². The van der Waals surface area contributed by atoms with Gasteiger partial charge < -0.3 is 16.2 Å². The number of carbonyl (C=O) groups is 2. The van der Waals surface area contributed by atoms with Crippen LogP contribution in [0.5, 0.6) is 0 Å². The van der Waals surface area contributed by atoms with Crippen molar-refractivity contribution in [3.05, 3.63) is 70.8 Å². The summed E-state index contributed by atoms with van der Waals surface area (Å²) in [6.07, 6.45) is 0. The van der Waals surface area contributed by atoms with Crippen molar-refractivity contribution in [2.75, 3.05) is 13.2 Å². The van der Waals surface area contributed by atoms with Crippen LogP contribution in [0.1, 0.15) is 27.0 Å². The second-order valence-electron chi connectivity index (χ2n) is 5.78. The van der Waals surface area contributed by atoms with Crippen LogP contribution in [0.4, 0.5) is 0 Å². The van der Waals surface area contributed by atoms with Crippen molar-refractivity contribution >= 4 is 11.7 Å². The highest BCUT2D eigenvalue weighted by Crippen LogP contribution is 2.05. The van der Waals surface area contributed by atoms with E-state index in [1.807, 2.05) is 31.2 Å². The molecule has 0 bridgehead atoms. The van der Waals surface area contributed by atoms with Crippen molar-refractivity contribution in [1.29, 1.82) is 0 Å². The van der Waals surface area contributed by atoms with E-state index in [4.69, 9.17) is 10.8 Å². The molecule has 0 aliphatic rings. The zero-order valence-corrected chi connectivity index (χ0v) is 15.0. The Morgan fingerprint density at radius 1 is 1.07 bits per heavy atom. The highest BCUT2D eigenvalue weighted by Gasteiger charge is 2.18. The first kappa shape index (κ1) is 19.9. The zero-order valence-electron chi connectivity index (χ0n) is 15.0. The molecule has 0 radical (unpaired) electrons. The molecule has 27 heavy (non-hydrogen) atoms. The molecule has 2 rings (SSSR count). The molecule has 0 aromatic heterocycles. The Morgan fingerprint density at radius 2 is 1.74 bits per heavy atom. The van der Waals surface area contributed by atoms with Gasteiger partial charge in [0, 0.05) is 23.2 Å². The molecule has 1 atom stereocenters. The van der Waals surface area contributed by atoms with Crippen LogP contribution in [0.15, 0.2) is 48.5 Å². The number of carbonyl (C=O) groups excluding carboxylic acids is 2. The molecule has 0 aliphatic heterocycles. The van der Waals surface area contributed by atoms with E-state index >= 15 is 0 Å². The average Bonchev–Trinajstić information content (AvgIpc) is 2.70. The predicted molar refractivity (Wildman–Crippen MR) is 104 cm³/mol. The SMILES string of the molecule is Cc1ccccc1C#CC#Cc1ccc(C(=O)N[C@@H](CN)C(=O)CO)cc1. The number of aliphatic hydroxyl groups is 1. The summed E-state index contributed by atoms with van der Waals surface area (Å²) >= 11 is 0. The van der Waals surface area contributed by atoms with Gasteiger partial charge in [0.05, 0.1) is 0 Å². The van der Waals surface area contributed by atoms with E-state index in [9.17, 15) is 9.59 Å². The molecule has 2 aromatic rings. The molecular weight excluding hydrogens is 340 g/mol. The number of amides is 1. The monoisotopic (exact) mass is 360 g/mol. The second-order valence-corrected chi connectivity index (χ2v) is 5.78. The molecule has 5 nitrogen and oxygen atoms in total. The van der Waals surface area contributed by atoms with Gasteiger partial charge in [-0.05, 0) is 54.7 Å². The van der Waals surface area contributed by atoms with E-state index in [0.717, 1.165) is 11.1 Å². The Morgan fingerprint density at radius 3 is 2.37 bits per heavy atom. The number of Topliss-reactive ketones (excluding diaryl/α,β-unsaturated/α-hetero) is 1. The second kappa shape index (κ2) is 9.94. The number of aliphatic hydroxyl groups excluding tert-OH is 1. The van der Waals surface area contributed by atoms with Crippen molar-refractivity contribution in [3.8, 4) is 23.7 Å². The van der Waals surface area contributed by atoms with Crippen molar-refractivity contribution in [2.24, 2.45) is 5.73 Å². The normalized spacial score (nSPS) is 10.6. The van der Waals surface area contributed by atoms with E-state index in [-0.39, 0.29) is 6.54 Å². The lowest BCUT2D eigenvalue weighted by Gasteiger charge is -2.14. The van der Waals surface area contributed by atoms with E-state index in [0.29, 0.717) is 11.1 Å². The number of aryl methyl sites for hydroxylation is 1. The number of hydrogen-bond acceptors (Lipinski definition) is 4. The van der Waals surface area contributed by atoms with Crippen LogP contribution < -0.4 is 11.1 Å². The molecule has 0 spiro atoms. The molecule has 136 valence electrons. The standard InChI is InChI=1S/C22H20N2O3/c1-16-6-2-4-8-18(16)9-5-3-7-17-10-12-19(13-11-17)22(27)24-20(14-23)21(26)15-25/h2,4,6,8,10-13,20,25H,14-15,23H2,1H3,(H,24,27)/t20-/m0/s1. The smallest absolute Gasteiger partial charge is 0.251 e. The molecule has 0 saturated heterocycles. The molecule has 2 aromatic carbocycles. The molecule has 1 amide bonds. The van der Waals surface area contributed by atoms with Gasteiger partial charge in [-0.2, -0.15) is 0 Å². The summed E-state index contributed by atoms with van der Waals surface area (Å²) in [6.45, 7) is 1.25. The highest BCUT2D eigenvalue weighted by molar-refractivity contribution is 5.98. The van der Waals surface area contributed by atoms with E-state index < -0.39 is 24.3 Å². The van der Waals surface area contributed by atoms with Crippen LogP contribution in [0.2, 0.25) is 0 Å². The fraction of sp³-hybridized carbons (Fsp3) is 0.182. The summed E-state index contributed by atoms with van der Waals surface area (Å²) in [4.78, 5) is 23.6. The minimum atomic E-state index is -0.904. The van der Waals surface area contributed by atoms with Gasteiger partial charge in [0.25, 0.3) is 5.91 Å². The average molecular weight is 360 g/mol. The third kappa shape index (κ3) is 5.83. The van der Waals surface area contributed by atoms with E-state index in [1.54, 1.807) is 24.3 Å². The van der Waals surface area contributed by atoms with E-state index in [1.165, 1.54) is 0 Å². The molecule has 5 heteroatoms. The van der Waals surface area contributed by atoms with Crippen molar-refractivity contribution < 1.29 is 14.7 Å². The fourth-order valence-electron chi connectivity index (χ4n) is 2.24. The summed E-state index contributed by atoms with van der Waals surface area (Å²) in [6, 6.07) is 13.5. The van der Waals surface area contributed by atoms with Gasteiger partial charge in [-0.25, -0.2) is 0 Å². The first-order chi connectivity index (χ1) is 13.0. The van der Waals surface area contributed by atoms with Gasteiger partial charge in [0.2, 0.25) is 0 Å². The highest BCUT2D eigenvalue weighted by atomic mass is 16.3. The Hall–Kier alpha value is -3.38. The Balaban J connectivity index is 2.03. The molecule has 4 N–H and O–H groups in total. The predicted octanol–water partition coefficient (Wildman–Crippen LogP) is 1.02. The van der Waals surface area contributed by atoms with Gasteiger partial charge >= 0.3 is 0 Å². The Labute approximate surface area is 158 Å². The van der Waals surface area contributed by atoms with Crippen LogP contribution in [-0.2, 0) is 4.79 Å². The van der Waals surface area contributed by atoms with Crippen LogP contribution in [0, 0.1) is 30.6 Å². The van der Waals surface area contributed by atoms with Crippen molar-refractivity contribution in [2.45, 2.75) is 13.0 Å². The lowest BCUT2D eigenvalue weighted by atomic mass is 10.1. The van der Waals surface area contributed by atoms with Gasteiger partial charge in [0.15, 0.2) is 5.78 Å². The quantitative estimate of drug-likeness (QED) is 0.694. The largest absolute Gasteiger partial charge is 0.388 e. The minimum Gasteiger partial charge on any atom is -0.388 e. The molecule has 0 heterocycles. The summed E-state index contributed by atoms with van der Waals surface area (Å²) in [7, 11) is 0. The number of nitrogens with two attached hydrogens (primary N) is 1. The van der Waals surface area contributed by atoms with Crippen LogP contribution in [0.3, 0.4) is 0 Å². The zero-order chi connectivity index (χ0) is 19.6. The Kier molecular flexibility index (Phi) is 7.34. The van der Waals surface area contributed by atoms with Crippen LogP contribution in [-0.4, -0.2) is 36.0 Å². The van der Waals surface area contributed by atoms with E-state index in [2.05, 4.69) is 29.0 Å². The number of benzene rings is 2. The molecule has 0 saturated carbocycles. The van der Waals surface area contributed by atoms with Gasteiger partial charge in [0.1, 0.15) is 12.6 Å². The third-order valence-electron chi connectivity index (χ3n) is 3.84. The number of hydrogen-bond donors (Lipinski definition) is 3. The Bertz CT molecular complexity index is 941. The lowest BCUT2D eigenvalue weighted by Crippen LogP contribution is -2.46. The van der Waals surface area contributed by atoms with Gasteiger partial charge in [-0.3, -0.25) is 9.59 Å². The molecule has 0 fully saturated rings. The summed E-state index contributed by atoms with van der Waals surface area (Å²) < 4.78 is 0. The maximum absolute atomic E-state index is 12.1. The summed E-state index contributed by atoms with van der Waals surface area (Å²) in [5.74, 6) is 10.6. The van der Waals surface area contributed by atoms with Crippen LogP contribution in [0.25, 0.3) is 0 Å².